The van der Waals surface area contributed by atoms with Crippen LogP contribution in [0.1, 0.15) is 31.9 Å². The van der Waals surface area contributed by atoms with Crippen LogP contribution in [0.3, 0.4) is 0 Å². The Labute approximate surface area is 190 Å². The molecule has 0 saturated carbocycles. The van der Waals surface area contributed by atoms with Crippen LogP contribution in [-0.4, -0.2) is 15.7 Å². The minimum absolute atomic E-state index is 0.180. The first kappa shape index (κ1) is 21.2. The van der Waals surface area contributed by atoms with Gasteiger partial charge in [-0.1, -0.05) is 41.9 Å². The number of thiophene rings is 1. The highest BCUT2D eigenvalue weighted by Crippen LogP contribution is 2.25. The molecule has 1 amide bonds. The maximum atomic E-state index is 12.6. The van der Waals surface area contributed by atoms with Crippen molar-refractivity contribution < 1.29 is 9.53 Å². The fraction of sp³-hybridized carbons (Fsp3) is 0.167. The largest absolute Gasteiger partial charge is 0.488 e. The molecule has 0 unspecified atom stereocenters. The van der Waals surface area contributed by atoms with Crippen molar-refractivity contribution in [2.75, 3.05) is 5.32 Å². The number of amides is 1. The van der Waals surface area contributed by atoms with Crippen LogP contribution in [0.4, 0.5) is 5.82 Å². The number of halogens is 1. The molecule has 158 valence electrons. The average Bonchev–Trinajstić information content (AvgIpc) is 3.39. The fourth-order valence-electron chi connectivity index (χ4n) is 3.22. The molecule has 0 aliphatic rings. The lowest BCUT2D eigenvalue weighted by Crippen LogP contribution is -2.11. The van der Waals surface area contributed by atoms with E-state index in [1.165, 1.54) is 11.3 Å². The second-order valence-electron chi connectivity index (χ2n) is 7.31. The summed E-state index contributed by atoms with van der Waals surface area (Å²) < 4.78 is 7.76. The first-order valence-corrected chi connectivity index (χ1v) is 11.1. The summed E-state index contributed by atoms with van der Waals surface area (Å²) in [6.07, 6.45) is 1.84. The third-order valence-corrected chi connectivity index (χ3v) is 6.04. The second kappa shape index (κ2) is 9.37. The van der Waals surface area contributed by atoms with Gasteiger partial charge in [-0.05, 0) is 54.1 Å². The van der Waals surface area contributed by atoms with Crippen molar-refractivity contribution in [2.24, 2.45) is 0 Å². The van der Waals surface area contributed by atoms with E-state index in [0.717, 1.165) is 28.0 Å². The van der Waals surface area contributed by atoms with Gasteiger partial charge in [0.2, 0.25) is 0 Å². The van der Waals surface area contributed by atoms with Crippen LogP contribution in [0.25, 0.3) is 0 Å². The van der Waals surface area contributed by atoms with Crippen LogP contribution in [0.15, 0.2) is 66.2 Å². The lowest BCUT2D eigenvalue weighted by Gasteiger charge is -2.10. The summed E-state index contributed by atoms with van der Waals surface area (Å²) in [5.41, 5.74) is 4.24. The molecule has 7 heteroatoms. The molecule has 2 heterocycles. The molecule has 4 aromatic rings. The van der Waals surface area contributed by atoms with Gasteiger partial charge < -0.3 is 10.1 Å². The van der Waals surface area contributed by atoms with Crippen LogP contribution in [0, 0.1) is 13.8 Å². The quantitative estimate of drug-likeness (QED) is 0.369. The van der Waals surface area contributed by atoms with Gasteiger partial charge in [-0.2, -0.15) is 5.10 Å². The van der Waals surface area contributed by atoms with Gasteiger partial charge in [0, 0.05) is 22.8 Å². The third kappa shape index (κ3) is 5.34. The fourth-order valence-corrected chi connectivity index (χ4v) is 4.14. The summed E-state index contributed by atoms with van der Waals surface area (Å²) in [6.45, 7) is 5.08. The Kier molecular flexibility index (Phi) is 6.39. The van der Waals surface area contributed by atoms with Gasteiger partial charge in [0.1, 0.15) is 12.4 Å². The number of hydrogen-bond donors (Lipinski definition) is 1. The summed E-state index contributed by atoms with van der Waals surface area (Å²) >= 11 is 7.32. The zero-order valence-corrected chi connectivity index (χ0v) is 18.8. The molecule has 0 fully saturated rings. The van der Waals surface area contributed by atoms with Gasteiger partial charge in [0.05, 0.1) is 11.4 Å². The first-order chi connectivity index (χ1) is 15.0. The van der Waals surface area contributed by atoms with Crippen molar-refractivity contribution in [3.05, 3.63) is 98.3 Å². The highest BCUT2D eigenvalue weighted by atomic mass is 35.5. The third-order valence-electron chi connectivity index (χ3n) is 4.81. The van der Waals surface area contributed by atoms with E-state index in [1.807, 2.05) is 74.0 Å². The summed E-state index contributed by atoms with van der Waals surface area (Å²) in [4.78, 5) is 13.2. The van der Waals surface area contributed by atoms with Crippen molar-refractivity contribution in [2.45, 2.75) is 27.0 Å². The number of aryl methyl sites for hydroxylation is 2. The molecule has 0 bridgehead atoms. The van der Waals surface area contributed by atoms with E-state index >= 15 is 0 Å². The van der Waals surface area contributed by atoms with Crippen molar-refractivity contribution in [3.63, 3.8) is 0 Å². The molecule has 4 rings (SSSR count). The standard InChI is InChI=1S/C24H22ClN3O2S/c1-16-4-3-5-17(2)23(16)30-14-19-12-21(31-15-19)24(29)26-22-10-11-28(27-22)13-18-6-8-20(25)9-7-18/h3-12,15H,13-14H2,1-2H3,(H,26,27,29). The molecule has 31 heavy (non-hydrogen) atoms. The highest BCUT2D eigenvalue weighted by Gasteiger charge is 2.12. The van der Waals surface area contributed by atoms with Gasteiger partial charge >= 0.3 is 0 Å². The number of carbonyl (C=O) groups is 1. The molecule has 0 aliphatic carbocycles. The minimum atomic E-state index is -0.180. The Balaban J connectivity index is 1.35. The number of carbonyl (C=O) groups excluding carboxylic acids is 1. The van der Waals surface area contributed by atoms with Gasteiger partial charge in [0.25, 0.3) is 5.91 Å². The summed E-state index contributed by atoms with van der Waals surface area (Å²) in [5.74, 6) is 1.23. The normalized spacial score (nSPS) is 10.8. The molecule has 0 saturated heterocycles. The maximum absolute atomic E-state index is 12.6. The monoisotopic (exact) mass is 451 g/mol. The van der Waals surface area contributed by atoms with Crippen LogP contribution in [0.5, 0.6) is 5.75 Å². The van der Waals surface area contributed by atoms with Gasteiger partial charge in [-0.25, -0.2) is 0 Å². The average molecular weight is 452 g/mol. The van der Waals surface area contributed by atoms with E-state index in [1.54, 1.807) is 10.7 Å². The van der Waals surface area contributed by atoms with Crippen LogP contribution < -0.4 is 10.1 Å². The zero-order chi connectivity index (χ0) is 21.8. The second-order valence-corrected chi connectivity index (χ2v) is 8.66. The Morgan fingerprint density at radius 2 is 1.84 bits per heavy atom. The van der Waals surface area contributed by atoms with Crippen molar-refractivity contribution in [1.82, 2.24) is 9.78 Å². The number of nitrogens with one attached hydrogen (secondary N) is 1. The number of para-hydroxylation sites is 1. The van der Waals surface area contributed by atoms with Crippen molar-refractivity contribution in [3.8, 4) is 5.75 Å². The number of hydrogen-bond acceptors (Lipinski definition) is 4. The van der Waals surface area contributed by atoms with Gasteiger partial charge in [-0.15, -0.1) is 11.3 Å². The molecule has 0 radical (unpaired) electrons. The summed E-state index contributed by atoms with van der Waals surface area (Å²) in [7, 11) is 0. The smallest absolute Gasteiger partial charge is 0.266 e. The summed E-state index contributed by atoms with van der Waals surface area (Å²) in [6, 6.07) is 17.3. The molecule has 1 N–H and O–H groups in total. The molecule has 2 aromatic heterocycles. The molecule has 0 spiro atoms. The van der Waals surface area contributed by atoms with E-state index < -0.39 is 0 Å². The lowest BCUT2D eigenvalue weighted by molar-refractivity contribution is 0.103. The highest BCUT2D eigenvalue weighted by molar-refractivity contribution is 7.12. The summed E-state index contributed by atoms with van der Waals surface area (Å²) in [5, 5.41) is 9.93. The molecule has 0 atom stereocenters. The Bertz CT molecular complexity index is 1180. The zero-order valence-electron chi connectivity index (χ0n) is 17.3. The number of ether oxygens (including phenoxy) is 1. The Hall–Kier alpha value is -3.09. The first-order valence-electron chi connectivity index (χ1n) is 9.83. The number of rotatable bonds is 7. The van der Waals surface area contributed by atoms with Gasteiger partial charge in [0.15, 0.2) is 5.82 Å². The molecular formula is C24H22ClN3O2S. The lowest BCUT2D eigenvalue weighted by atomic mass is 10.1. The molecule has 2 aromatic carbocycles. The number of aromatic nitrogens is 2. The SMILES string of the molecule is Cc1cccc(C)c1OCc1csc(C(=O)Nc2ccn(Cc3ccc(Cl)cc3)n2)c1. The van der Waals surface area contributed by atoms with Crippen LogP contribution in [0.2, 0.25) is 5.02 Å². The van der Waals surface area contributed by atoms with Crippen molar-refractivity contribution in [1.29, 1.82) is 0 Å². The van der Waals surface area contributed by atoms with E-state index in [-0.39, 0.29) is 5.91 Å². The molecular weight excluding hydrogens is 430 g/mol. The maximum Gasteiger partial charge on any atom is 0.266 e. The molecule has 5 nitrogen and oxygen atoms in total. The van der Waals surface area contributed by atoms with E-state index in [4.69, 9.17) is 16.3 Å². The predicted molar refractivity (Wildman–Crippen MR) is 125 cm³/mol. The topological polar surface area (TPSA) is 56.1 Å². The van der Waals surface area contributed by atoms with Crippen LogP contribution >= 0.6 is 22.9 Å². The van der Waals surface area contributed by atoms with Crippen molar-refractivity contribution >= 4 is 34.7 Å². The van der Waals surface area contributed by atoms with Crippen LogP contribution in [-0.2, 0) is 13.2 Å². The number of anilines is 1. The number of nitrogens with zero attached hydrogens (tertiary/aromatic N) is 2. The van der Waals surface area contributed by atoms with E-state index in [2.05, 4.69) is 10.4 Å². The van der Waals surface area contributed by atoms with E-state index in [0.29, 0.717) is 28.9 Å². The number of benzene rings is 2. The molecule has 0 aliphatic heterocycles. The van der Waals surface area contributed by atoms with E-state index in [9.17, 15) is 4.79 Å². The minimum Gasteiger partial charge on any atom is -0.488 e. The predicted octanol–water partition coefficient (Wildman–Crippen LogP) is 6.09. The Morgan fingerprint density at radius 3 is 2.58 bits per heavy atom. The Morgan fingerprint density at radius 1 is 1.10 bits per heavy atom. The van der Waals surface area contributed by atoms with Gasteiger partial charge in [-0.3, -0.25) is 9.48 Å².